The summed E-state index contributed by atoms with van der Waals surface area (Å²) in [6.45, 7) is 6.70. The van der Waals surface area contributed by atoms with Gasteiger partial charge in [-0.1, -0.05) is 0 Å². The molecule has 1 aliphatic heterocycles. The molecule has 0 aromatic carbocycles. The number of thiazole rings is 1. The molecular formula is C14H25ClN4OS. The van der Waals surface area contributed by atoms with Crippen LogP contribution in [0.4, 0.5) is 5.13 Å². The van der Waals surface area contributed by atoms with Gasteiger partial charge in [-0.25, -0.2) is 4.98 Å². The van der Waals surface area contributed by atoms with Crippen LogP contribution in [0, 0.1) is 0 Å². The van der Waals surface area contributed by atoms with Crippen LogP contribution in [0.15, 0.2) is 6.20 Å². The zero-order valence-corrected chi connectivity index (χ0v) is 14.5. The average Bonchev–Trinajstić information content (AvgIpc) is 2.88. The summed E-state index contributed by atoms with van der Waals surface area (Å²) < 4.78 is 0. The topological polar surface area (TPSA) is 57.3 Å². The molecule has 0 aliphatic carbocycles. The molecule has 2 heterocycles. The Kier molecular flexibility index (Phi) is 7.59. The molecule has 1 fully saturated rings. The fourth-order valence-electron chi connectivity index (χ4n) is 2.21. The molecule has 1 saturated heterocycles. The SMILES string of the molecule is CC(C)N(C)CC(=O)Nc1ncc(C2CCNCC2)s1.Cl. The van der Waals surface area contributed by atoms with Crippen molar-refractivity contribution >= 4 is 34.8 Å². The summed E-state index contributed by atoms with van der Waals surface area (Å²) in [5, 5.41) is 6.99. The van der Waals surface area contributed by atoms with Crippen molar-refractivity contribution in [2.75, 3.05) is 32.0 Å². The number of hydrogen-bond donors (Lipinski definition) is 2. The molecule has 0 bridgehead atoms. The summed E-state index contributed by atoms with van der Waals surface area (Å²) in [5.41, 5.74) is 0. The molecule has 0 atom stereocenters. The predicted molar refractivity (Wildman–Crippen MR) is 90.6 cm³/mol. The van der Waals surface area contributed by atoms with Gasteiger partial charge in [-0.05, 0) is 52.7 Å². The van der Waals surface area contributed by atoms with E-state index in [1.807, 2.05) is 18.1 Å². The third-order valence-electron chi connectivity index (χ3n) is 3.79. The van der Waals surface area contributed by atoms with Crippen molar-refractivity contribution in [3.8, 4) is 0 Å². The number of likely N-dealkylation sites (N-methyl/N-ethyl adjacent to an activating group) is 1. The lowest BCUT2D eigenvalue weighted by molar-refractivity contribution is -0.117. The lowest BCUT2D eigenvalue weighted by atomic mass is 9.97. The Morgan fingerprint density at radius 2 is 2.19 bits per heavy atom. The molecule has 21 heavy (non-hydrogen) atoms. The summed E-state index contributed by atoms with van der Waals surface area (Å²) in [6.07, 6.45) is 4.24. The molecule has 0 radical (unpaired) electrons. The Morgan fingerprint density at radius 3 is 2.81 bits per heavy atom. The van der Waals surface area contributed by atoms with Gasteiger partial charge in [0.2, 0.25) is 5.91 Å². The average molecular weight is 333 g/mol. The highest BCUT2D eigenvalue weighted by Gasteiger charge is 2.18. The van der Waals surface area contributed by atoms with Gasteiger partial charge in [0.15, 0.2) is 5.13 Å². The van der Waals surface area contributed by atoms with E-state index in [0.717, 1.165) is 31.1 Å². The van der Waals surface area contributed by atoms with E-state index in [1.165, 1.54) is 4.88 Å². The van der Waals surface area contributed by atoms with Crippen molar-refractivity contribution in [2.24, 2.45) is 0 Å². The van der Waals surface area contributed by atoms with Crippen LogP contribution in [0.1, 0.15) is 37.5 Å². The first kappa shape index (κ1) is 18.4. The Hall–Kier alpha value is -0.690. The quantitative estimate of drug-likeness (QED) is 0.868. The van der Waals surface area contributed by atoms with Crippen LogP contribution >= 0.6 is 23.7 Å². The Morgan fingerprint density at radius 1 is 1.52 bits per heavy atom. The van der Waals surface area contributed by atoms with Crippen LogP contribution in [0.5, 0.6) is 0 Å². The molecule has 120 valence electrons. The van der Waals surface area contributed by atoms with E-state index < -0.39 is 0 Å². The van der Waals surface area contributed by atoms with Crippen LogP contribution in [0.25, 0.3) is 0 Å². The second-order valence-corrected chi connectivity index (χ2v) is 6.71. The van der Waals surface area contributed by atoms with E-state index in [0.29, 0.717) is 18.5 Å². The molecular weight excluding hydrogens is 308 g/mol. The second-order valence-electron chi connectivity index (χ2n) is 5.65. The Labute approximate surface area is 136 Å². The zero-order chi connectivity index (χ0) is 14.5. The van der Waals surface area contributed by atoms with Crippen molar-refractivity contribution in [3.63, 3.8) is 0 Å². The highest BCUT2D eigenvalue weighted by atomic mass is 35.5. The van der Waals surface area contributed by atoms with E-state index >= 15 is 0 Å². The first-order valence-electron chi connectivity index (χ1n) is 7.23. The molecule has 0 spiro atoms. The van der Waals surface area contributed by atoms with Crippen LogP contribution in [0.2, 0.25) is 0 Å². The maximum absolute atomic E-state index is 11.9. The summed E-state index contributed by atoms with van der Waals surface area (Å²) in [4.78, 5) is 19.5. The Balaban J connectivity index is 0.00000220. The third kappa shape index (κ3) is 5.54. The van der Waals surface area contributed by atoms with E-state index in [1.54, 1.807) is 11.3 Å². The highest BCUT2D eigenvalue weighted by molar-refractivity contribution is 7.15. The predicted octanol–water partition coefficient (Wildman–Crippen LogP) is 2.31. The van der Waals surface area contributed by atoms with Crippen LogP contribution in [-0.2, 0) is 4.79 Å². The Bertz CT molecular complexity index is 446. The highest BCUT2D eigenvalue weighted by Crippen LogP contribution is 2.31. The minimum Gasteiger partial charge on any atom is -0.317 e. The molecule has 5 nitrogen and oxygen atoms in total. The van der Waals surface area contributed by atoms with Gasteiger partial charge in [0.25, 0.3) is 0 Å². The maximum atomic E-state index is 11.9. The number of carbonyl (C=O) groups is 1. The number of carbonyl (C=O) groups excluding carboxylic acids is 1. The number of piperidine rings is 1. The smallest absolute Gasteiger partial charge is 0.240 e. The van der Waals surface area contributed by atoms with Crippen molar-refractivity contribution < 1.29 is 4.79 Å². The van der Waals surface area contributed by atoms with Crippen molar-refractivity contribution in [2.45, 2.75) is 38.6 Å². The minimum atomic E-state index is 0. The standard InChI is InChI=1S/C14H24N4OS.ClH/c1-10(2)18(3)9-13(19)17-14-16-8-12(20-14)11-4-6-15-7-5-11;/h8,10-11,15H,4-7,9H2,1-3H3,(H,16,17,19);1H. The maximum Gasteiger partial charge on any atom is 0.240 e. The lowest BCUT2D eigenvalue weighted by Gasteiger charge is -2.20. The third-order valence-corrected chi connectivity index (χ3v) is 4.86. The second kappa shape index (κ2) is 8.68. The zero-order valence-electron chi connectivity index (χ0n) is 12.9. The summed E-state index contributed by atoms with van der Waals surface area (Å²) >= 11 is 1.61. The van der Waals surface area contributed by atoms with Gasteiger partial charge < -0.3 is 10.6 Å². The van der Waals surface area contributed by atoms with Gasteiger partial charge in [-0.3, -0.25) is 9.69 Å². The van der Waals surface area contributed by atoms with Gasteiger partial charge in [0.05, 0.1) is 6.54 Å². The molecule has 2 N–H and O–H groups in total. The van der Waals surface area contributed by atoms with Crippen molar-refractivity contribution in [1.82, 2.24) is 15.2 Å². The van der Waals surface area contributed by atoms with E-state index in [9.17, 15) is 4.79 Å². The van der Waals surface area contributed by atoms with Crippen LogP contribution in [0.3, 0.4) is 0 Å². The van der Waals surface area contributed by atoms with Crippen molar-refractivity contribution in [3.05, 3.63) is 11.1 Å². The molecule has 1 amide bonds. The normalized spacial score (nSPS) is 16.0. The van der Waals surface area contributed by atoms with Crippen LogP contribution in [-0.4, -0.2) is 48.5 Å². The van der Waals surface area contributed by atoms with E-state index in [4.69, 9.17) is 0 Å². The summed E-state index contributed by atoms with van der Waals surface area (Å²) in [7, 11) is 1.95. The number of amides is 1. The first-order chi connectivity index (χ1) is 9.56. The number of hydrogen-bond acceptors (Lipinski definition) is 5. The molecule has 7 heteroatoms. The molecule has 1 aliphatic rings. The molecule has 2 rings (SSSR count). The van der Waals surface area contributed by atoms with Gasteiger partial charge >= 0.3 is 0 Å². The summed E-state index contributed by atoms with van der Waals surface area (Å²) in [5.74, 6) is 0.602. The summed E-state index contributed by atoms with van der Waals surface area (Å²) in [6, 6.07) is 0.363. The first-order valence-corrected chi connectivity index (χ1v) is 8.04. The number of rotatable bonds is 5. The van der Waals surface area contributed by atoms with E-state index in [2.05, 4.69) is 29.5 Å². The van der Waals surface area contributed by atoms with Crippen LogP contribution < -0.4 is 10.6 Å². The number of nitrogens with zero attached hydrogens (tertiary/aromatic N) is 2. The fraction of sp³-hybridized carbons (Fsp3) is 0.714. The van der Waals surface area contributed by atoms with Gasteiger partial charge in [-0.15, -0.1) is 23.7 Å². The molecule has 0 unspecified atom stereocenters. The van der Waals surface area contributed by atoms with Gasteiger partial charge in [0.1, 0.15) is 0 Å². The monoisotopic (exact) mass is 332 g/mol. The molecule has 1 aromatic heterocycles. The molecule has 0 saturated carbocycles. The fourth-order valence-corrected chi connectivity index (χ4v) is 3.21. The number of anilines is 1. The number of aromatic nitrogens is 1. The van der Waals surface area contributed by atoms with Gasteiger partial charge in [-0.2, -0.15) is 0 Å². The minimum absolute atomic E-state index is 0. The number of nitrogens with one attached hydrogen (secondary N) is 2. The largest absolute Gasteiger partial charge is 0.317 e. The van der Waals surface area contributed by atoms with E-state index in [-0.39, 0.29) is 18.3 Å². The van der Waals surface area contributed by atoms with Crippen molar-refractivity contribution in [1.29, 1.82) is 0 Å². The molecule has 1 aromatic rings. The van der Waals surface area contributed by atoms with Gasteiger partial charge in [0, 0.05) is 17.1 Å². The lowest BCUT2D eigenvalue weighted by Crippen LogP contribution is -2.34. The number of halogens is 1.